The molecule has 0 aromatic heterocycles. The first-order valence-electron chi connectivity index (χ1n) is 38.5. The van der Waals surface area contributed by atoms with Crippen molar-refractivity contribution >= 4 is 29.8 Å². The summed E-state index contributed by atoms with van der Waals surface area (Å²) in [7, 11) is 10.8. The third-order valence-electron chi connectivity index (χ3n) is 22.0. The molecular weight excluding hydrogens is 1420 g/mol. The van der Waals surface area contributed by atoms with Gasteiger partial charge in [0, 0.05) is 93.7 Å². The molecule has 4 saturated heterocycles. The first-order valence-corrected chi connectivity index (χ1v) is 38.5. The molecule has 8 aromatic carbocycles. The Kier molecular flexibility index (Phi) is 34.6. The summed E-state index contributed by atoms with van der Waals surface area (Å²) in [5.41, 5.74) is 5.03. The summed E-state index contributed by atoms with van der Waals surface area (Å²) in [6.07, 6.45) is 3.47. The van der Waals surface area contributed by atoms with E-state index in [1.165, 1.54) is 0 Å². The molecule has 0 aliphatic carbocycles. The number of rotatable bonds is 22. The molecule has 12 atom stereocenters. The number of ether oxygens (including phenoxy) is 7. The van der Waals surface area contributed by atoms with Gasteiger partial charge in [0.2, 0.25) is 19.5 Å². The second kappa shape index (κ2) is 44.5. The maximum Gasteiger partial charge on any atom is 0.308 e. The highest BCUT2D eigenvalue weighted by molar-refractivity contribution is 5.79. The molecule has 6 aliphatic rings. The number of hydrogen-bond donors (Lipinski definition) is 5. The van der Waals surface area contributed by atoms with Gasteiger partial charge in [0.1, 0.15) is 17.2 Å². The molecule has 0 saturated carbocycles. The van der Waals surface area contributed by atoms with Crippen molar-refractivity contribution < 1.29 is 82.7 Å². The summed E-state index contributed by atoms with van der Waals surface area (Å²) in [5.74, 6) is 0.0431. The highest BCUT2D eigenvalue weighted by atomic mass is 16.7. The standard InChI is InChI=1S/C30H38N2O8.3C14H19NO3.3C6H6/c1-2-3-12-31(13-5-14-33)27(34)17-32-16-22(21-9-11-24-26(15-21)39-18-37-24)28(30(35)36)23(32)10-8-20-6-4-7-25-29(20)40-19-38-25;3*1-9-13(14(16)17)12(8-15(9)2)10-4-6-11(18-3)7-5-10;3*1-2-4-6-5-3-1/h4,6-7,9,11,15,22-23,28,33H,2-3,5,8,10,12-14,16-19H2,1H3,(H,35,36);3*4-7,9,12-13H,8H2,1-3H3,(H,16,17);3*1-6H/t22-,23+,28-;3*9-,12+,13-;;;/m1000.../s1. The fourth-order valence-electron chi connectivity index (χ4n) is 15.5. The smallest absolute Gasteiger partial charge is 0.308 e. The van der Waals surface area contributed by atoms with Gasteiger partial charge in [-0.05, 0) is 150 Å². The fourth-order valence-corrected chi connectivity index (χ4v) is 15.5. The summed E-state index contributed by atoms with van der Waals surface area (Å²) >= 11 is 0. The largest absolute Gasteiger partial charge is 0.497 e. The number of carbonyl (C=O) groups excluding carboxylic acids is 1. The quantitative estimate of drug-likeness (QED) is 0.0422. The van der Waals surface area contributed by atoms with E-state index < -0.39 is 29.8 Å². The molecule has 0 unspecified atom stereocenters. The SMILES string of the molecule is CCCCN(CCCO)C(=O)CN1C[C@H](c2ccc3c(c2)OCO3)[C@@H](C(=O)O)[C@@H]1CCc1cccc2c1OCO2.COc1ccc([C@H]2CN(C)[C@@H](C)[C@@H]2C(=O)O)cc1.COc1ccc([C@H]2CN(C)[C@@H](C)[C@@H]2C(=O)O)cc1.COc1ccc([C@H]2CN(C)[C@@H](C)[C@@H]2C(=O)O)cc1.c1ccccc1.c1ccccc1.c1ccccc1. The topological polar surface area (TPSA) is 267 Å². The van der Waals surface area contributed by atoms with Crippen LogP contribution in [0.3, 0.4) is 0 Å². The number of carbonyl (C=O) groups is 5. The minimum atomic E-state index is -0.886. The molecule has 4 fully saturated rings. The highest BCUT2D eigenvalue weighted by Crippen LogP contribution is 2.45. The normalized spacial score (nSPS) is 22.5. The third-order valence-corrected chi connectivity index (χ3v) is 22.0. The van der Waals surface area contributed by atoms with E-state index in [4.69, 9.17) is 33.2 Å². The molecule has 6 aliphatic heterocycles. The Balaban J connectivity index is 0.000000183. The number of fused-ring (bicyclic) bond motifs is 2. The minimum absolute atomic E-state index is 0.0166. The number of para-hydroxylation sites is 1. The Morgan fingerprint density at radius 3 is 1.16 bits per heavy atom. The van der Waals surface area contributed by atoms with E-state index in [2.05, 4.69) is 21.6 Å². The summed E-state index contributed by atoms with van der Waals surface area (Å²) < 4.78 is 37.6. The van der Waals surface area contributed by atoms with E-state index >= 15 is 0 Å². The number of aryl methyl sites for hydroxylation is 1. The second-order valence-corrected chi connectivity index (χ2v) is 28.8. The van der Waals surface area contributed by atoms with E-state index in [1.54, 1.807) is 26.2 Å². The lowest BCUT2D eigenvalue weighted by atomic mass is 9.83. The Morgan fingerprint density at radius 2 is 0.786 bits per heavy atom. The Hall–Kier alpha value is -10.5. The fraction of sp³-hybridized carbons (Fsp3) is 0.411. The zero-order chi connectivity index (χ0) is 80.6. The van der Waals surface area contributed by atoms with Gasteiger partial charge in [0.05, 0.1) is 51.5 Å². The van der Waals surface area contributed by atoms with E-state index in [0.717, 1.165) is 77.5 Å². The van der Waals surface area contributed by atoms with Crippen LogP contribution < -0.4 is 33.2 Å². The molecule has 1 amide bonds. The number of aliphatic carboxylic acids is 4. The number of carboxylic acid groups (broad SMARTS) is 4. The molecule has 0 spiro atoms. The molecule has 8 aromatic rings. The van der Waals surface area contributed by atoms with Crippen molar-refractivity contribution in [1.82, 2.24) is 24.5 Å². The molecule has 5 N–H and O–H groups in total. The van der Waals surface area contributed by atoms with Crippen LogP contribution in [0, 0.1) is 23.7 Å². The van der Waals surface area contributed by atoms with E-state index in [-0.39, 0.29) is 98.2 Å². The number of aliphatic hydroxyl groups excluding tert-OH is 1. The highest BCUT2D eigenvalue weighted by Gasteiger charge is 2.49. The van der Waals surface area contributed by atoms with Crippen molar-refractivity contribution in [1.29, 1.82) is 0 Å². The molecule has 0 radical (unpaired) electrons. The molecule has 6 heterocycles. The molecule has 112 heavy (non-hydrogen) atoms. The maximum absolute atomic E-state index is 13.5. The van der Waals surface area contributed by atoms with Gasteiger partial charge in [0.25, 0.3) is 0 Å². The zero-order valence-electron chi connectivity index (χ0n) is 66.2. The lowest BCUT2D eigenvalue weighted by Gasteiger charge is -2.30. The Bertz CT molecular complexity index is 3770. The van der Waals surface area contributed by atoms with Crippen molar-refractivity contribution in [3.63, 3.8) is 0 Å². The van der Waals surface area contributed by atoms with Gasteiger partial charge in [-0.1, -0.05) is 177 Å². The maximum atomic E-state index is 13.5. The van der Waals surface area contributed by atoms with E-state index in [9.17, 15) is 49.5 Å². The van der Waals surface area contributed by atoms with Crippen LogP contribution in [0.5, 0.6) is 40.2 Å². The lowest BCUT2D eigenvalue weighted by molar-refractivity contribution is -0.144. The zero-order valence-corrected chi connectivity index (χ0v) is 66.2. The van der Waals surface area contributed by atoms with Crippen LogP contribution >= 0.6 is 0 Å². The van der Waals surface area contributed by atoms with Gasteiger partial charge >= 0.3 is 23.9 Å². The second-order valence-electron chi connectivity index (χ2n) is 28.8. The van der Waals surface area contributed by atoms with E-state index in [1.807, 2.05) is 265 Å². The van der Waals surface area contributed by atoms with Crippen molar-refractivity contribution in [2.45, 2.75) is 108 Å². The Labute approximate surface area is 660 Å². The summed E-state index contributed by atoms with van der Waals surface area (Å²) in [5, 5.41) is 48.0. The van der Waals surface area contributed by atoms with Crippen molar-refractivity contribution in [3.05, 3.63) is 246 Å². The molecule has 0 bridgehead atoms. The molecule has 600 valence electrons. The van der Waals surface area contributed by atoms with Gasteiger partial charge in [-0.3, -0.25) is 28.9 Å². The van der Waals surface area contributed by atoms with Crippen molar-refractivity contribution in [3.8, 4) is 40.2 Å². The minimum Gasteiger partial charge on any atom is -0.497 e. The Morgan fingerprint density at radius 1 is 0.429 bits per heavy atom. The number of benzene rings is 8. The van der Waals surface area contributed by atoms with Crippen LogP contribution in [-0.4, -0.2) is 212 Å². The van der Waals surface area contributed by atoms with Gasteiger partial charge in [-0.2, -0.15) is 0 Å². The van der Waals surface area contributed by atoms with Crippen molar-refractivity contribution in [2.24, 2.45) is 23.7 Å². The molecule has 14 rings (SSSR count). The monoisotopic (exact) mass is 1540 g/mol. The van der Waals surface area contributed by atoms with Crippen LogP contribution in [0.25, 0.3) is 0 Å². The molecular formula is C90H113N5O17. The summed E-state index contributed by atoms with van der Waals surface area (Å²) in [4.78, 5) is 70.8. The predicted molar refractivity (Wildman–Crippen MR) is 432 cm³/mol. The van der Waals surface area contributed by atoms with Crippen molar-refractivity contribution in [2.75, 3.05) is 108 Å². The number of methoxy groups -OCH3 is 3. The van der Waals surface area contributed by atoms with Gasteiger partial charge < -0.3 is 78.3 Å². The van der Waals surface area contributed by atoms with Crippen LogP contribution in [0.15, 0.2) is 218 Å². The summed E-state index contributed by atoms with van der Waals surface area (Å²) in [6.45, 7) is 12.3. The van der Waals surface area contributed by atoms with Gasteiger partial charge in [-0.15, -0.1) is 0 Å². The number of likely N-dealkylation sites (N-methyl/N-ethyl adjacent to an activating group) is 3. The van der Waals surface area contributed by atoms with Crippen LogP contribution in [0.4, 0.5) is 0 Å². The van der Waals surface area contributed by atoms with Gasteiger partial charge in [0.15, 0.2) is 23.0 Å². The average Bonchev–Trinajstić information content (AvgIpc) is 1.61. The van der Waals surface area contributed by atoms with Crippen LogP contribution in [0.2, 0.25) is 0 Å². The first-order chi connectivity index (χ1) is 54.1. The first kappa shape index (κ1) is 87.1. The predicted octanol–water partition coefficient (Wildman–Crippen LogP) is 13.8. The lowest BCUT2D eigenvalue weighted by Crippen LogP contribution is -2.45. The van der Waals surface area contributed by atoms with Gasteiger partial charge in [-0.25, -0.2) is 0 Å². The molecule has 22 nitrogen and oxygen atoms in total. The summed E-state index contributed by atoms with van der Waals surface area (Å²) in [6, 6.07) is 70.3. The number of unbranched alkanes of at least 4 members (excludes halogenated alkanes) is 1. The van der Waals surface area contributed by atoms with E-state index in [0.29, 0.717) is 61.9 Å². The third kappa shape index (κ3) is 24.3. The number of amides is 1. The number of carboxylic acids is 4. The average molecular weight is 1540 g/mol. The number of nitrogens with zero attached hydrogens (tertiary/aromatic N) is 5. The molecule has 22 heteroatoms. The number of hydrogen-bond acceptors (Lipinski definition) is 17. The number of likely N-dealkylation sites (tertiary alicyclic amines) is 4. The van der Waals surface area contributed by atoms with Crippen LogP contribution in [0.1, 0.15) is 105 Å². The van der Waals surface area contributed by atoms with Crippen LogP contribution in [-0.2, 0) is 30.4 Å². The number of aliphatic hydroxyl groups is 1.